The summed E-state index contributed by atoms with van der Waals surface area (Å²) in [4.78, 5) is 27.8. The van der Waals surface area contributed by atoms with E-state index in [4.69, 9.17) is 0 Å². The Morgan fingerprint density at radius 3 is 2.75 bits per heavy atom. The van der Waals surface area contributed by atoms with Crippen LogP contribution in [0.15, 0.2) is 0 Å². The molecule has 5 heteroatoms. The molecule has 2 rings (SSSR count). The minimum atomic E-state index is -0.659. The van der Waals surface area contributed by atoms with E-state index < -0.39 is 5.60 Å². The van der Waals surface area contributed by atoms with Gasteiger partial charge in [-0.25, -0.2) is 0 Å². The van der Waals surface area contributed by atoms with Gasteiger partial charge in [-0.05, 0) is 39.0 Å². The van der Waals surface area contributed by atoms with Crippen LogP contribution in [0, 0.1) is 0 Å². The normalized spacial score (nSPS) is 29.0. The molecule has 2 heterocycles. The second-order valence-corrected chi connectivity index (χ2v) is 6.36. The Hall–Kier alpha value is -1.10. The monoisotopic (exact) mass is 282 g/mol. The third-order valence-electron chi connectivity index (χ3n) is 4.41. The molecule has 0 saturated carbocycles. The van der Waals surface area contributed by atoms with E-state index in [0.717, 1.165) is 32.1 Å². The van der Waals surface area contributed by atoms with Crippen molar-refractivity contribution in [3.63, 3.8) is 0 Å². The Morgan fingerprint density at radius 1 is 1.15 bits per heavy atom. The van der Waals surface area contributed by atoms with Crippen molar-refractivity contribution >= 4 is 11.8 Å². The lowest BCUT2D eigenvalue weighted by Crippen LogP contribution is -2.43. The first-order chi connectivity index (χ1) is 9.48. The summed E-state index contributed by atoms with van der Waals surface area (Å²) in [5, 5.41) is 10.1. The lowest BCUT2D eigenvalue weighted by Gasteiger charge is -2.26. The molecule has 114 valence electrons. The van der Waals surface area contributed by atoms with Gasteiger partial charge in [0.1, 0.15) is 0 Å². The molecule has 0 aromatic carbocycles. The van der Waals surface area contributed by atoms with Gasteiger partial charge in [0.25, 0.3) is 0 Å². The van der Waals surface area contributed by atoms with Crippen LogP contribution >= 0.6 is 0 Å². The third-order valence-corrected chi connectivity index (χ3v) is 4.41. The molecule has 5 nitrogen and oxygen atoms in total. The van der Waals surface area contributed by atoms with Crippen LogP contribution in [-0.4, -0.2) is 58.5 Å². The van der Waals surface area contributed by atoms with Crippen LogP contribution in [-0.2, 0) is 9.59 Å². The minimum absolute atomic E-state index is 0.0259. The summed E-state index contributed by atoms with van der Waals surface area (Å²) in [6.07, 6.45) is 5.76. The fourth-order valence-electron chi connectivity index (χ4n) is 2.98. The van der Waals surface area contributed by atoms with Gasteiger partial charge in [0, 0.05) is 26.1 Å². The molecule has 2 amide bonds. The Morgan fingerprint density at radius 2 is 1.95 bits per heavy atom. The first-order valence-electron chi connectivity index (χ1n) is 7.76. The first kappa shape index (κ1) is 15.3. The van der Waals surface area contributed by atoms with Crippen LogP contribution in [0.25, 0.3) is 0 Å². The van der Waals surface area contributed by atoms with Gasteiger partial charge in [-0.2, -0.15) is 0 Å². The molecule has 2 aliphatic heterocycles. The predicted molar refractivity (Wildman–Crippen MR) is 76.1 cm³/mol. The van der Waals surface area contributed by atoms with E-state index in [0.29, 0.717) is 32.5 Å². The topological polar surface area (TPSA) is 60.9 Å². The third kappa shape index (κ3) is 4.20. The van der Waals surface area contributed by atoms with Crippen molar-refractivity contribution in [1.29, 1.82) is 0 Å². The lowest BCUT2D eigenvalue weighted by molar-refractivity contribution is -0.140. The maximum absolute atomic E-state index is 12.3. The van der Waals surface area contributed by atoms with Crippen LogP contribution in [0.3, 0.4) is 0 Å². The average molecular weight is 282 g/mol. The number of amides is 2. The van der Waals surface area contributed by atoms with Crippen molar-refractivity contribution in [1.82, 2.24) is 9.80 Å². The summed E-state index contributed by atoms with van der Waals surface area (Å²) in [5.41, 5.74) is -0.659. The molecule has 2 aliphatic rings. The number of nitrogens with zero attached hydrogens (tertiary/aromatic N) is 2. The Bertz CT molecular complexity index is 368. The molecule has 0 spiro atoms. The number of carbonyl (C=O) groups is 2. The molecule has 0 aromatic rings. The van der Waals surface area contributed by atoms with Gasteiger partial charge in [0.2, 0.25) is 11.8 Å². The predicted octanol–water partition coefficient (Wildman–Crippen LogP) is 1.15. The van der Waals surface area contributed by atoms with Crippen LogP contribution in [0.5, 0.6) is 0 Å². The van der Waals surface area contributed by atoms with E-state index in [1.165, 1.54) is 0 Å². The zero-order valence-corrected chi connectivity index (χ0v) is 12.4. The SMILES string of the molecule is CC1(O)CCCN(C(=O)CN2CCCCCC2=O)CC1. The van der Waals surface area contributed by atoms with E-state index >= 15 is 0 Å². The molecule has 2 saturated heterocycles. The number of rotatable bonds is 2. The fraction of sp³-hybridized carbons (Fsp3) is 0.867. The number of hydrogen-bond donors (Lipinski definition) is 1. The second kappa shape index (κ2) is 6.57. The van der Waals surface area contributed by atoms with E-state index in [-0.39, 0.29) is 18.4 Å². The molecule has 1 N–H and O–H groups in total. The molecule has 2 fully saturated rings. The molecule has 0 radical (unpaired) electrons. The molecule has 0 aliphatic carbocycles. The summed E-state index contributed by atoms with van der Waals surface area (Å²) in [6.45, 7) is 4.03. The average Bonchev–Trinajstić information content (AvgIpc) is 2.69. The summed E-state index contributed by atoms with van der Waals surface area (Å²) in [6, 6.07) is 0. The maximum Gasteiger partial charge on any atom is 0.242 e. The van der Waals surface area contributed by atoms with E-state index in [1.807, 2.05) is 6.92 Å². The molecule has 1 atom stereocenters. The summed E-state index contributed by atoms with van der Waals surface area (Å²) < 4.78 is 0. The highest BCUT2D eigenvalue weighted by atomic mass is 16.3. The van der Waals surface area contributed by atoms with Crippen LogP contribution < -0.4 is 0 Å². The van der Waals surface area contributed by atoms with Crippen LogP contribution in [0.4, 0.5) is 0 Å². The minimum Gasteiger partial charge on any atom is -0.390 e. The van der Waals surface area contributed by atoms with Gasteiger partial charge < -0.3 is 14.9 Å². The Kier molecular flexibility index (Phi) is 5.02. The fourth-order valence-corrected chi connectivity index (χ4v) is 2.98. The van der Waals surface area contributed by atoms with Crippen LogP contribution in [0.1, 0.15) is 51.9 Å². The Labute approximate surface area is 120 Å². The smallest absolute Gasteiger partial charge is 0.242 e. The molecular formula is C15H26N2O3. The molecular weight excluding hydrogens is 256 g/mol. The van der Waals surface area contributed by atoms with Gasteiger partial charge in [0.15, 0.2) is 0 Å². The summed E-state index contributed by atoms with van der Waals surface area (Å²) in [5.74, 6) is 0.135. The molecule has 0 bridgehead atoms. The first-order valence-corrected chi connectivity index (χ1v) is 7.76. The van der Waals surface area contributed by atoms with Gasteiger partial charge in [-0.15, -0.1) is 0 Å². The van der Waals surface area contributed by atoms with Gasteiger partial charge in [-0.3, -0.25) is 9.59 Å². The van der Waals surface area contributed by atoms with Crippen molar-refractivity contribution in [3.8, 4) is 0 Å². The summed E-state index contributed by atoms with van der Waals surface area (Å²) in [7, 11) is 0. The largest absolute Gasteiger partial charge is 0.390 e. The number of likely N-dealkylation sites (tertiary alicyclic amines) is 2. The van der Waals surface area contributed by atoms with E-state index in [9.17, 15) is 14.7 Å². The van der Waals surface area contributed by atoms with Crippen molar-refractivity contribution in [3.05, 3.63) is 0 Å². The quantitative estimate of drug-likeness (QED) is 0.826. The maximum atomic E-state index is 12.3. The molecule has 0 aromatic heterocycles. The standard InChI is InChI=1S/C15H26N2O3/c1-15(20)7-5-10-16(11-8-15)14(19)12-17-9-4-2-3-6-13(17)18/h20H,2-12H2,1H3. The van der Waals surface area contributed by atoms with Crippen molar-refractivity contribution in [2.45, 2.75) is 57.5 Å². The molecule has 1 unspecified atom stereocenters. The Balaban J connectivity index is 1.89. The van der Waals surface area contributed by atoms with E-state index in [1.54, 1.807) is 9.80 Å². The zero-order valence-electron chi connectivity index (χ0n) is 12.4. The second-order valence-electron chi connectivity index (χ2n) is 6.36. The van der Waals surface area contributed by atoms with Crippen molar-refractivity contribution in [2.75, 3.05) is 26.2 Å². The van der Waals surface area contributed by atoms with Gasteiger partial charge in [0.05, 0.1) is 12.1 Å². The molecule has 20 heavy (non-hydrogen) atoms. The van der Waals surface area contributed by atoms with Gasteiger partial charge >= 0.3 is 0 Å². The van der Waals surface area contributed by atoms with E-state index in [2.05, 4.69) is 0 Å². The highest BCUT2D eigenvalue weighted by Gasteiger charge is 2.28. The zero-order chi connectivity index (χ0) is 14.6. The van der Waals surface area contributed by atoms with Crippen LogP contribution in [0.2, 0.25) is 0 Å². The number of hydrogen-bond acceptors (Lipinski definition) is 3. The summed E-state index contributed by atoms with van der Waals surface area (Å²) >= 11 is 0. The van der Waals surface area contributed by atoms with Crippen molar-refractivity contribution in [2.24, 2.45) is 0 Å². The highest BCUT2D eigenvalue weighted by molar-refractivity contribution is 5.85. The highest BCUT2D eigenvalue weighted by Crippen LogP contribution is 2.21. The number of carbonyl (C=O) groups excluding carboxylic acids is 2. The lowest BCUT2D eigenvalue weighted by atomic mass is 9.98. The number of aliphatic hydroxyl groups is 1. The van der Waals surface area contributed by atoms with Crippen molar-refractivity contribution < 1.29 is 14.7 Å². The van der Waals surface area contributed by atoms with Gasteiger partial charge in [-0.1, -0.05) is 6.42 Å².